The summed E-state index contributed by atoms with van der Waals surface area (Å²) in [6, 6.07) is 3.89. The largest absolute Gasteiger partial charge is 0.339 e. The second-order valence-corrected chi connectivity index (χ2v) is 10.7. The van der Waals surface area contributed by atoms with Crippen molar-refractivity contribution < 1.29 is 13.2 Å². The lowest BCUT2D eigenvalue weighted by Crippen LogP contribution is -2.41. The van der Waals surface area contributed by atoms with Gasteiger partial charge < -0.3 is 4.90 Å². The van der Waals surface area contributed by atoms with Crippen molar-refractivity contribution >= 4 is 38.4 Å². The predicted molar refractivity (Wildman–Crippen MR) is 103 cm³/mol. The topological polar surface area (TPSA) is 67.3 Å². The molecule has 1 unspecified atom stereocenters. The van der Waals surface area contributed by atoms with Crippen molar-refractivity contribution in [1.82, 2.24) is 9.88 Å². The molecule has 1 aliphatic heterocycles. The molecule has 0 bridgehead atoms. The smallest absolute Gasteiger partial charge is 0.223 e. The summed E-state index contributed by atoms with van der Waals surface area (Å²) in [5, 5.41) is 3.03. The lowest BCUT2D eigenvalue weighted by molar-refractivity contribution is -0.132. The fourth-order valence-electron chi connectivity index (χ4n) is 3.27. The van der Waals surface area contributed by atoms with Crippen LogP contribution in [0.1, 0.15) is 29.7 Å². The van der Waals surface area contributed by atoms with E-state index in [4.69, 9.17) is 0 Å². The number of rotatable bonds is 6. The predicted octanol–water partition coefficient (Wildman–Crippen LogP) is 3.15. The average molecular weight is 399 g/mol. The number of aryl methyl sites for hydroxylation is 2. The van der Waals surface area contributed by atoms with E-state index in [1.165, 1.54) is 0 Å². The Morgan fingerprint density at radius 2 is 2.24 bits per heavy atom. The number of aromatic nitrogens is 1. The molecular formula is C17H22N2O3S3. The molecule has 2 aromatic rings. The van der Waals surface area contributed by atoms with Gasteiger partial charge in [0, 0.05) is 23.9 Å². The monoisotopic (exact) mass is 398 g/mol. The van der Waals surface area contributed by atoms with Gasteiger partial charge in [0.25, 0.3) is 0 Å². The quantitative estimate of drug-likeness (QED) is 0.750. The molecule has 3 rings (SSSR count). The zero-order valence-corrected chi connectivity index (χ0v) is 16.8. The van der Waals surface area contributed by atoms with E-state index in [0.717, 1.165) is 20.5 Å². The molecule has 1 saturated heterocycles. The molecule has 5 nitrogen and oxygen atoms in total. The summed E-state index contributed by atoms with van der Waals surface area (Å²) >= 11 is 3.29. The molecule has 1 atom stereocenters. The Morgan fingerprint density at radius 3 is 2.84 bits per heavy atom. The van der Waals surface area contributed by atoms with Gasteiger partial charge in [-0.25, -0.2) is 13.4 Å². The summed E-state index contributed by atoms with van der Waals surface area (Å²) in [5.41, 5.74) is 0.983. The minimum Gasteiger partial charge on any atom is -0.339 e. The maximum atomic E-state index is 12.7. The molecule has 0 saturated carbocycles. The van der Waals surface area contributed by atoms with E-state index in [1.54, 1.807) is 27.6 Å². The molecule has 3 heterocycles. The number of carbonyl (C=O) groups is 1. The van der Waals surface area contributed by atoms with Gasteiger partial charge in [0.15, 0.2) is 9.84 Å². The highest BCUT2D eigenvalue weighted by Crippen LogP contribution is 2.32. The first kappa shape index (κ1) is 18.5. The molecule has 1 amide bonds. The Kier molecular flexibility index (Phi) is 5.60. The number of hydrogen-bond acceptors (Lipinski definition) is 6. The van der Waals surface area contributed by atoms with Crippen molar-refractivity contribution in [2.24, 2.45) is 0 Å². The van der Waals surface area contributed by atoms with Crippen molar-refractivity contribution in [2.75, 3.05) is 18.1 Å². The van der Waals surface area contributed by atoms with Crippen LogP contribution >= 0.6 is 22.7 Å². The number of nitrogens with zero attached hydrogens (tertiary/aromatic N) is 2. The average Bonchev–Trinajstić information content (AvgIpc) is 3.26. The molecule has 25 heavy (non-hydrogen) atoms. The standard InChI is InChI=1S/C17H22N2O3S3/c1-3-19(13-8-10-25(21,22)11-13)16(20)7-6-15-17(18-12(2)24-15)14-5-4-9-23-14/h4-5,9,13H,3,6-8,10-11H2,1-2H3. The third-order valence-corrected chi connectivity index (χ3v) is 8.09. The van der Waals surface area contributed by atoms with E-state index < -0.39 is 9.84 Å². The van der Waals surface area contributed by atoms with Gasteiger partial charge in [0.1, 0.15) is 0 Å². The van der Waals surface area contributed by atoms with Gasteiger partial charge in [-0.15, -0.1) is 22.7 Å². The first-order valence-electron chi connectivity index (χ1n) is 8.39. The van der Waals surface area contributed by atoms with Crippen molar-refractivity contribution in [2.45, 2.75) is 39.2 Å². The molecule has 1 aliphatic rings. The van der Waals surface area contributed by atoms with Gasteiger partial charge in [-0.3, -0.25) is 4.79 Å². The Bertz CT molecular complexity index is 841. The zero-order chi connectivity index (χ0) is 18.0. The molecule has 0 N–H and O–H groups in total. The minimum atomic E-state index is -2.98. The van der Waals surface area contributed by atoms with Crippen LogP contribution in [0.25, 0.3) is 10.6 Å². The number of thiazole rings is 1. The second-order valence-electron chi connectivity index (χ2n) is 6.22. The maximum Gasteiger partial charge on any atom is 0.223 e. The van der Waals surface area contributed by atoms with Crippen molar-refractivity contribution in [1.29, 1.82) is 0 Å². The third-order valence-electron chi connectivity index (χ3n) is 4.43. The van der Waals surface area contributed by atoms with Crippen molar-refractivity contribution in [3.8, 4) is 10.6 Å². The van der Waals surface area contributed by atoms with Crippen LogP contribution in [0, 0.1) is 6.92 Å². The molecule has 0 aliphatic carbocycles. The van der Waals surface area contributed by atoms with E-state index in [-0.39, 0.29) is 23.5 Å². The van der Waals surface area contributed by atoms with E-state index in [0.29, 0.717) is 25.8 Å². The van der Waals surface area contributed by atoms with Crippen LogP contribution in [0.5, 0.6) is 0 Å². The summed E-state index contributed by atoms with van der Waals surface area (Å²) in [4.78, 5) is 21.3. The van der Waals surface area contributed by atoms with Gasteiger partial charge in [-0.1, -0.05) is 6.07 Å². The zero-order valence-electron chi connectivity index (χ0n) is 14.4. The lowest BCUT2D eigenvalue weighted by atomic mass is 10.1. The Labute approximate surface area is 156 Å². The molecule has 136 valence electrons. The first-order valence-corrected chi connectivity index (χ1v) is 11.9. The van der Waals surface area contributed by atoms with E-state index in [2.05, 4.69) is 4.98 Å². The van der Waals surface area contributed by atoms with Crippen LogP contribution < -0.4 is 0 Å². The summed E-state index contributed by atoms with van der Waals surface area (Å²) in [6.45, 7) is 4.45. The molecule has 0 radical (unpaired) electrons. The number of hydrogen-bond donors (Lipinski definition) is 0. The SMILES string of the molecule is CCN(C(=O)CCc1sc(C)nc1-c1cccs1)C1CCS(=O)(=O)C1. The third kappa shape index (κ3) is 4.30. The molecule has 2 aromatic heterocycles. The van der Waals surface area contributed by atoms with Crippen molar-refractivity contribution in [3.63, 3.8) is 0 Å². The highest BCUT2D eigenvalue weighted by Gasteiger charge is 2.33. The first-order chi connectivity index (χ1) is 11.9. The van der Waals surface area contributed by atoms with Crippen LogP contribution in [0.15, 0.2) is 17.5 Å². The van der Waals surface area contributed by atoms with Gasteiger partial charge in [-0.2, -0.15) is 0 Å². The van der Waals surface area contributed by atoms with E-state index >= 15 is 0 Å². The summed E-state index contributed by atoms with van der Waals surface area (Å²) in [7, 11) is -2.98. The van der Waals surface area contributed by atoms with Crippen LogP contribution in [0.2, 0.25) is 0 Å². The molecule has 0 aromatic carbocycles. The van der Waals surface area contributed by atoms with Crippen LogP contribution in [-0.4, -0.2) is 48.3 Å². The number of thiophene rings is 1. The Morgan fingerprint density at radius 1 is 1.44 bits per heavy atom. The number of sulfone groups is 1. The van der Waals surface area contributed by atoms with Gasteiger partial charge in [0.05, 0.1) is 27.1 Å². The summed E-state index contributed by atoms with van der Waals surface area (Å²) in [5.74, 6) is 0.331. The van der Waals surface area contributed by atoms with Crippen LogP contribution in [-0.2, 0) is 21.1 Å². The van der Waals surface area contributed by atoms with E-state index in [9.17, 15) is 13.2 Å². The number of carbonyl (C=O) groups excluding carboxylic acids is 1. The van der Waals surface area contributed by atoms with Crippen LogP contribution in [0.4, 0.5) is 0 Å². The fourth-order valence-corrected chi connectivity index (χ4v) is 6.75. The van der Waals surface area contributed by atoms with Gasteiger partial charge >= 0.3 is 0 Å². The fraction of sp³-hybridized carbons (Fsp3) is 0.529. The molecule has 0 spiro atoms. The second kappa shape index (κ2) is 7.55. The van der Waals surface area contributed by atoms with E-state index in [1.807, 2.05) is 31.4 Å². The van der Waals surface area contributed by atoms with Crippen LogP contribution in [0.3, 0.4) is 0 Å². The maximum absolute atomic E-state index is 12.7. The van der Waals surface area contributed by atoms with Gasteiger partial charge in [-0.05, 0) is 38.1 Å². The van der Waals surface area contributed by atoms with Gasteiger partial charge in [0.2, 0.25) is 5.91 Å². The highest BCUT2D eigenvalue weighted by molar-refractivity contribution is 7.91. The van der Waals surface area contributed by atoms with Crippen molar-refractivity contribution in [3.05, 3.63) is 27.4 Å². The number of amides is 1. The highest BCUT2D eigenvalue weighted by atomic mass is 32.2. The molecule has 1 fully saturated rings. The summed E-state index contributed by atoms with van der Waals surface area (Å²) in [6.07, 6.45) is 1.60. The lowest BCUT2D eigenvalue weighted by Gasteiger charge is -2.26. The Balaban J connectivity index is 1.68. The molecular weight excluding hydrogens is 376 g/mol. The minimum absolute atomic E-state index is 0.0350. The molecule has 8 heteroatoms. The Hall–Kier alpha value is -1.25. The normalized spacial score (nSPS) is 19.2. The summed E-state index contributed by atoms with van der Waals surface area (Å²) < 4.78 is 23.4.